The summed E-state index contributed by atoms with van der Waals surface area (Å²) in [6.45, 7) is 0.185. The van der Waals surface area contributed by atoms with E-state index in [0.717, 1.165) is 19.3 Å². The van der Waals surface area contributed by atoms with Crippen LogP contribution >= 0.6 is 12.4 Å². The van der Waals surface area contributed by atoms with Crippen molar-refractivity contribution in [2.75, 3.05) is 11.9 Å². The highest BCUT2D eigenvalue weighted by atomic mass is 35.5. The third kappa shape index (κ3) is 6.72. The van der Waals surface area contributed by atoms with Crippen molar-refractivity contribution in [2.45, 2.75) is 38.1 Å². The first-order chi connectivity index (χ1) is 11.5. The normalized spacial score (nSPS) is 19.4. The quantitative estimate of drug-likeness (QED) is 0.600. The molecule has 1 aliphatic carbocycles. The number of nitrogens with two attached hydrogens (primary N) is 2. The van der Waals surface area contributed by atoms with E-state index in [1.54, 1.807) is 24.3 Å². The number of carbonyl (C=O) groups is 3. The number of nitrogens with one attached hydrogen (secondary N) is 2. The minimum Gasteiger partial charge on any atom is -0.370 e. The lowest BCUT2D eigenvalue weighted by Gasteiger charge is -2.25. The average molecular weight is 369 g/mol. The Bertz CT molecular complexity index is 624. The van der Waals surface area contributed by atoms with E-state index in [2.05, 4.69) is 10.6 Å². The Balaban J connectivity index is 0.00000312. The molecule has 2 atom stereocenters. The summed E-state index contributed by atoms with van der Waals surface area (Å²) in [4.78, 5) is 35.0. The second kappa shape index (κ2) is 10.0. The Morgan fingerprint density at radius 1 is 1.20 bits per heavy atom. The predicted octanol–water partition coefficient (Wildman–Crippen LogP) is 1.17. The van der Waals surface area contributed by atoms with E-state index >= 15 is 0 Å². The van der Waals surface area contributed by atoms with Gasteiger partial charge in [-0.05, 0) is 37.5 Å². The summed E-state index contributed by atoms with van der Waals surface area (Å²) in [5, 5.41) is 5.46. The molecule has 0 bridgehead atoms. The number of carbonyl (C=O) groups excluding carboxylic acids is 3. The fraction of sp³-hybridized carbons (Fsp3) is 0.471. The molecule has 1 saturated carbocycles. The topological polar surface area (TPSA) is 127 Å². The molecule has 1 aliphatic rings. The lowest BCUT2D eigenvalue weighted by atomic mass is 9.85. The molecule has 0 aliphatic heterocycles. The third-order valence-electron chi connectivity index (χ3n) is 4.13. The summed E-state index contributed by atoms with van der Waals surface area (Å²) < 4.78 is 0. The van der Waals surface area contributed by atoms with E-state index in [-0.39, 0.29) is 49.1 Å². The van der Waals surface area contributed by atoms with Gasteiger partial charge in [-0.25, -0.2) is 0 Å². The lowest BCUT2D eigenvalue weighted by Crippen LogP contribution is -2.34. The highest BCUT2D eigenvalue weighted by Gasteiger charge is 2.25. The van der Waals surface area contributed by atoms with E-state index in [1.165, 1.54) is 0 Å². The average Bonchev–Trinajstić information content (AvgIpc) is 2.54. The van der Waals surface area contributed by atoms with Crippen LogP contribution in [0.15, 0.2) is 24.3 Å². The monoisotopic (exact) mass is 368 g/mol. The molecule has 2 rings (SSSR count). The van der Waals surface area contributed by atoms with Gasteiger partial charge in [0.1, 0.15) is 0 Å². The first-order valence-electron chi connectivity index (χ1n) is 8.18. The molecule has 2 unspecified atom stereocenters. The van der Waals surface area contributed by atoms with Crippen LogP contribution < -0.4 is 22.1 Å². The van der Waals surface area contributed by atoms with Crippen molar-refractivity contribution < 1.29 is 14.4 Å². The van der Waals surface area contributed by atoms with Gasteiger partial charge in [0.15, 0.2) is 0 Å². The lowest BCUT2D eigenvalue weighted by molar-refractivity contribution is -0.121. The first kappa shape index (κ1) is 20.9. The standard InChI is InChI=1S/C17H24N4O3.ClH/c18-13-5-1-3-11(9-13)17(24)21-14-6-2-4-12(10-14)16(23)20-8-7-15(19)22;/h2,4,6,10-11,13H,1,3,5,7-9,18H2,(H2,19,22)(H,20,23)(H,21,24);1H. The summed E-state index contributed by atoms with van der Waals surface area (Å²) in [6, 6.07) is 6.77. The Hall–Kier alpha value is -2.12. The van der Waals surface area contributed by atoms with Crippen molar-refractivity contribution in [3.05, 3.63) is 29.8 Å². The van der Waals surface area contributed by atoms with Crippen LogP contribution in [0.25, 0.3) is 0 Å². The Kier molecular flexibility index (Phi) is 8.37. The number of benzene rings is 1. The molecule has 7 nitrogen and oxygen atoms in total. The highest BCUT2D eigenvalue weighted by molar-refractivity contribution is 5.97. The molecule has 6 N–H and O–H groups in total. The molecule has 0 heterocycles. The van der Waals surface area contributed by atoms with E-state index in [1.807, 2.05) is 0 Å². The van der Waals surface area contributed by atoms with Crippen LogP contribution in [0.3, 0.4) is 0 Å². The molecule has 3 amide bonds. The van der Waals surface area contributed by atoms with Crippen molar-refractivity contribution >= 4 is 35.8 Å². The van der Waals surface area contributed by atoms with Crippen molar-refractivity contribution in [2.24, 2.45) is 17.4 Å². The summed E-state index contributed by atoms with van der Waals surface area (Å²) in [5.41, 5.74) is 11.9. The number of halogens is 1. The van der Waals surface area contributed by atoms with E-state index < -0.39 is 5.91 Å². The molecule has 0 saturated heterocycles. The zero-order valence-electron chi connectivity index (χ0n) is 14.0. The number of amides is 3. The van der Waals surface area contributed by atoms with Crippen molar-refractivity contribution in [3.8, 4) is 0 Å². The number of anilines is 1. The van der Waals surface area contributed by atoms with Gasteiger partial charge in [-0.3, -0.25) is 14.4 Å². The minimum absolute atomic E-state index is 0. The number of hydrogen-bond acceptors (Lipinski definition) is 4. The highest BCUT2D eigenvalue weighted by Crippen LogP contribution is 2.24. The molecular formula is C17H25ClN4O3. The molecular weight excluding hydrogens is 344 g/mol. The van der Waals surface area contributed by atoms with Crippen LogP contribution in [-0.2, 0) is 9.59 Å². The van der Waals surface area contributed by atoms with E-state index in [4.69, 9.17) is 11.5 Å². The van der Waals surface area contributed by atoms with Gasteiger partial charge in [-0.2, -0.15) is 0 Å². The van der Waals surface area contributed by atoms with Gasteiger partial charge in [-0.1, -0.05) is 12.5 Å². The maximum atomic E-state index is 12.3. The van der Waals surface area contributed by atoms with Crippen LogP contribution in [0.2, 0.25) is 0 Å². The molecule has 1 aromatic rings. The molecule has 0 radical (unpaired) electrons. The molecule has 8 heteroatoms. The number of hydrogen-bond donors (Lipinski definition) is 4. The van der Waals surface area contributed by atoms with Gasteiger partial charge in [0.05, 0.1) is 0 Å². The molecule has 138 valence electrons. The maximum Gasteiger partial charge on any atom is 0.251 e. The van der Waals surface area contributed by atoms with Crippen LogP contribution in [0, 0.1) is 5.92 Å². The van der Waals surface area contributed by atoms with Gasteiger partial charge >= 0.3 is 0 Å². The van der Waals surface area contributed by atoms with Gasteiger partial charge in [0, 0.05) is 36.2 Å². The van der Waals surface area contributed by atoms with Crippen LogP contribution in [-0.4, -0.2) is 30.3 Å². The molecule has 25 heavy (non-hydrogen) atoms. The third-order valence-corrected chi connectivity index (χ3v) is 4.13. The summed E-state index contributed by atoms with van der Waals surface area (Å²) in [6.07, 6.45) is 3.54. The van der Waals surface area contributed by atoms with Crippen LogP contribution in [0.1, 0.15) is 42.5 Å². The van der Waals surface area contributed by atoms with E-state index in [9.17, 15) is 14.4 Å². The number of primary amides is 1. The fourth-order valence-electron chi connectivity index (χ4n) is 2.85. The van der Waals surface area contributed by atoms with Crippen LogP contribution in [0.4, 0.5) is 5.69 Å². The first-order valence-corrected chi connectivity index (χ1v) is 8.18. The Labute approximate surface area is 153 Å². The molecule has 0 aromatic heterocycles. The van der Waals surface area contributed by atoms with Crippen molar-refractivity contribution in [1.29, 1.82) is 0 Å². The molecule has 1 fully saturated rings. The number of rotatable bonds is 6. The summed E-state index contributed by atoms with van der Waals surface area (Å²) >= 11 is 0. The van der Waals surface area contributed by atoms with Gasteiger partial charge < -0.3 is 22.1 Å². The van der Waals surface area contributed by atoms with Gasteiger partial charge in [0.2, 0.25) is 11.8 Å². The van der Waals surface area contributed by atoms with Gasteiger partial charge in [-0.15, -0.1) is 12.4 Å². The second-order valence-electron chi connectivity index (χ2n) is 6.17. The fourth-order valence-corrected chi connectivity index (χ4v) is 2.85. The van der Waals surface area contributed by atoms with Crippen LogP contribution in [0.5, 0.6) is 0 Å². The largest absolute Gasteiger partial charge is 0.370 e. The summed E-state index contributed by atoms with van der Waals surface area (Å²) in [5.74, 6) is -0.924. The Morgan fingerprint density at radius 2 is 1.96 bits per heavy atom. The van der Waals surface area contributed by atoms with Crippen molar-refractivity contribution in [3.63, 3.8) is 0 Å². The van der Waals surface area contributed by atoms with Crippen molar-refractivity contribution in [1.82, 2.24) is 5.32 Å². The Morgan fingerprint density at radius 3 is 2.64 bits per heavy atom. The molecule has 1 aromatic carbocycles. The SMILES string of the molecule is Cl.NC(=O)CCNC(=O)c1cccc(NC(=O)C2CCCC(N)C2)c1. The summed E-state index contributed by atoms with van der Waals surface area (Å²) in [7, 11) is 0. The van der Waals surface area contributed by atoms with Gasteiger partial charge in [0.25, 0.3) is 5.91 Å². The van der Waals surface area contributed by atoms with E-state index in [0.29, 0.717) is 17.7 Å². The second-order valence-corrected chi connectivity index (χ2v) is 6.17. The smallest absolute Gasteiger partial charge is 0.251 e. The maximum absolute atomic E-state index is 12.3. The zero-order valence-corrected chi connectivity index (χ0v) is 14.8. The molecule has 0 spiro atoms. The minimum atomic E-state index is -0.470. The predicted molar refractivity (Wildman–Crippen MR) is 98.4 cm³/mol. The zero-order chi connectivity index (χ0) is 17.5.